The second-order valence-corrected chi connectivity index (χ2v) is 9.33. The Morgan fingerprint density at radius 3 is 2.47 bits per heavy atom. The Kier molecular flexibility index (Phi) is 9.55. The molecule has 0 saturated heterocycles. The van der Waals surface area contributed by atoms with Crippen molar-refractivity contribution in [1.82, 2.24) is 14.8 Å². The third-order valence-corrected chi connectivity index (χ3v) is 6.72. The molecule has 10 heteroatoms. The van der Waals surface area contributed by atoms with E-state index in [1.807, 2.05) is 37.5 Å². The summed E-state index contributed by atoms with van der Waals surface area (Å²) in [6, 6.07) is 10.3. The minimum atomic E-state index is -0.400. The molecule has 0 spiro atoms. The lowest BCUT2D eigenvalue weighted by atomic mass is 10.1. The Morgan fingerprint density at radius 2 is 1.86 bits per heavy atom. The number of aryl methyl sites for hydroxylation is 2. The molecule has 1 aromatic heterocycles. The zero-order valence-electron chi connectivity index (χ0n) is 20.7. The maximum atomic E-state index is 12.5. The van der Waals surface area contributed by atoms with E-state index in [1.165, 1.54) is 11.8 Å². The standard InChI is InChI=1S/C26H29ClN4O4S/c1-6-12-31-24(18(5)35-21-13-16(3)23(27)17(4)14-21)29-30-26(31)36-15-22(32)28-20-10-8-19(9-11-20)25(33)34-7-2/h6,8-11,13-14,18H,1,7,12,15H2,2-5H3,(H,28,32). The van der Waals surface area contributed by atoms with E-state index >= 15 is 0 Å². The van der Waals surface area contributed by atoms with Crippen LogP contribution in [0.15, 0.2) is 54.2 Å². The van der Waals surface area contributed by atoms with Crippen LogP contribution >= 0.6 is 23.4 Å². The monoisotopic (exact) mass is 528 g/mol. The molecule has 1 N–H and O–H groups in total. The van der Waals surface area contributed by atoms with Gasteiger partial charge < -0.3 is 14.8 Å². The number of esters is 1. The number of hydrogen-bond donors (Lipinski definition) is 1. The normalized spacial score (nSPS) is 11.6. The number of halogens is 1. The molecule has 0 aliphatic carbocycles. The van der Waals surface area contributed by atoms with E-state index in [2.05, 4.69) is 22.1 Å². The number of amides is 1. The Labute approximate surface area is 220 Å². The first-order chi connectivity index (χ1) is 17.2. The van der Waals surface area contributed by atoms with Crippen LogP contribution in [0.25, 0.3) is 0 Å². The molecule has 3 aromatic rings. The summed E-state index contributed by atoms with van der Waals surface area (Å²) in [6.45, 7) is 12.1. The van der Waals surface area contributed by atoms with Gasteiger partial charge in [-0.15, -0.1) is 16.8 Å². The van der Waals surface area contributed by atoms with Gasteiger partial charge in [0.1, 0.15) is 5.75 Å². The number of ether oxygens (including phenoxy) is 2. The maximum Gasteiger partial charge on any atom is 0.338 e. The summed E-state index contributed by atoms with van der Waals surface area (Å²) in [6.07, 6.45) is 1.35. The molecule has 0 fully saturated rings. The highest BCUT2D eigenvalue weighted by molar-refractivity contribution is 7.99. The predicted molar refractivity (Wildman–Crippen MR) is 142 cm³/mol. The van der Waals surface area contributed by atoms with Gasteiger partial charge in [0.05, 0.1) is 17.9 Å². The van der Waals surface area contributed by atoms with E-state index in [0.717, 1.165) is 16.1 Å². The van der Waals surface area contributed by atoms with E-state index in [4.69, 9.17) is 21.1 Å². The van der Waals surface area contributed by atoms with Crippen LogP contribution in [0, 0.1) is 13.8 Å². The first-order valence-corrected chi connectivity index (χ1v) is 12.8. The van der Waals surface area contributed by atoms with Gasteiger partial charge in [0.2, 0.25) is 5.91 Å². The summed E-state index contributed by atoms with van der Waals surface area (Å²) in [7, 11) is 0. The van der Waals surface area contributed by atoms with Crippen LogP contribution < -0.4 is 10.1 Å². The van der Waals surface area contributed by atoms with Gasteiger partial charge in [0, 0.05) is 17.3 Å². The van der Waals surface area contributed by atoms with Gasteiger partial charge in [-0.05, 0) is 75.2 Å². The summed E-state index contributed by atoms with van der Waals surface area (Å²) >= 11 is 7.53. The molecular formula is C26H29ClN4O4S. The number of carbonyl (C=O) groups is 2. The van der Waals surface area contributed by atoms with Gasteiger partial charge in [-0.25, -0.2) is 4.79 Å². The average molecular weight is 529 g/mol. The fraction of sp³-hybridized carbons (Fsp3) is 0.308. The highest BCUT2D eigenvalue weighted by Crippen LogP contribution is 2.30. The highest BCUT2D eigenvalue weighted by Gasteiger charge is 2.20. The number of nitrogens with one attached hydrogen (secondary N) is 1. The SMILES string of the molecule is C=CCn1c(SCC(=O)Nc2ccc(C(=O)OCC)cc2)nnc1C(C)Oc1cc(C)c(Cl)c(C)c1. The number of thioether (sulfide) groups is 1. The number of carbonyl (C=O) groups excluding carboxylic acids is 2. The third kappa shape index (κ3) is 6.89. The van der Waals surface area contributed by atoms with Crippen LogP contribution in [0.1, 0.15) is 47.3 Å². The van der Waals surface area contributed by atoms with Crippen molar-refractivity contribution in [2.75, 3.05) is 17.7 Å². The molecule has 1 heterocycles. The molecule has 0 saturated carbocycles. The molecule has 0 aliphatic heterocycles. The quantitative estimate of drug-likeness (QED) is 0.191. The van der Waals surface area contributed by atoms with Crippen molar-refractivity contribution in [1.29, 1.82) is 0 Å². The van der Waals surface area contributed by atoms with Crippen molar-refractivity contribution < 1.29 is 19.1 Å². The van der Waals surface area contributed by atoms with Gasteiger partial charge in [0.25, 0.3) is 0 Å². The molecular weight excluding hydrogens is 500 g/mol. The summed E-state index contributed by atoms with van der Waals surface area (Å²) in [5, 5.41) is 12.7. The minimum Gasteiger partial charge on any atom is -0.483 e. The number of anilines is 1. The molecule has 1 amide bonds. The molecule has 0 aliphatic rings. The smallest absolute Gasteiger partial charge is 0.338 e. The van der Waals surface area contributed by atoms with Crippen LogP contribution in [0.4, 0.5) is 5.69 Å². The number of allylic oxidation sites excluding steroid dienone is 1. The van der Waals surface area contributed by atoms with Crippen molar-refractivity contribution in [3.8, 4) is 5.75 Å². The summed E-state index contributed by atoms with van der Waals surface area (Å²) < 4.78 is 13.0. The molecule has 190 valence electrons. The summed E-state index contributed by atoms with van der Waals surface area (Å²) in [5.74, 6) is 0.827. The van der Waals surface area contributed by atoms with Gasteiger partial charge >= 0.3 is 5.97 Å². The van der Waals surface area contributed by atoms with E-state index in [9.17, 15) is 9.59 Å². The van der Waals surface area contributed by atoms with Crippen molar-refractivity contribution in [2.24, 2.45) is 0 Å². The Hall–Kier alpha value is -3.30. The zero-order valence-corrected chi connectivity index (χ0v) is 22.3. The highest BCUT2D eigenvalue weighted by atomic mass is 35.5. The summed E-state index contributed by atoms with van der Waals surface area (Å²) in [4.78, 5) is 24.3. The number of nitrogens with zero attached hydrogens (tertiary/aromatic N) is 3. The third-order valence-electron chi connectivity index (χ3n) is 5.16. The molecule has 0 radical (unpaired) electrons. The molecule has 0 bridgehead atoms. The molecule has 36 heavy (non-hydrogen) atoms. The topological polar surface area (TPSA) is 95.3 Å². The second-order valence-electron chi connectivity index (χ2n) is 8.01. The number of aromatic nitrogens is 3. The van der Waals surface area contributed by atoms with Gasteiger partial charge in [-0.1, -0.05) is 29.4 Å². The van der Waals surface area contributed by atoms with E-state index in [-0.39, 0.29) is 11.7 Å². The number of hydrogen-bond acceptors (Lipinski definition) is 7. The summed E-state index contributed by atoms with van der Waals surface area (Å²) in [5.41, 5.74) is 2.88. The largest absolute Gasteiger partial charge is 0.483 e. The predicted octanol–water partition coefficient (Wildman–Crippen LogP) is 5.78. The fourth-order valence-electron chi connectivity index (χ4n) is 3.47. The molecule has 2 aromatic carbocycles. The van der Waals surface area contributed by atoms with Crippen LogP contribution in [0.5, 0.6) is 5.75 Å². The lowest BCUT2D eigenvalue weighted by Gasteiger charge is -2.17. The number of benzene rings is 2. The van der Waals surface area contributed by atoms with Crippen molar-refractivity contribution in [2.45, 2.75) is 45.5 Å². The Morgan fingerprint density at radius 1 is 1.19 bits per heavy atom. The molecule has 3 rings (SSSR count). The average Bonchev–Trinajstić information content (AvgIpc) is 3.24. The zero-order chi connectivity index (χ0) is 26.2. The lowest BCUT2D eigenvalue weighted by molar-refractivity contribution is -0.113. The first-order valence-electron chi connectivity index (χ1n) is 11.4. The molecule has 8 nitrogen and oxygen atoms in total. The van der Waals surface area contributed by atoms with Gasteiger partial charge in [-0.3, -0.25) is 9.36 Å². The Balaban J connectivity index is 1.64. The Bertz CT molecular complexity index is 1220. The van der Waals surface area contributed by atoms with Gasteiger partial charge in [0.15, 0.2) is 17.1 Å². The maximum absolute atomic E-state index is 12.5. The number of rotatable bonds is 11. The molecule has 1 atom stereocenters. The van der Waals surface area contributed by atoms with E-state index < -0.39 is 12.1 Å². The van der Waals surface area contributed by atoms with Crippen molar-refractivity contribution >= 4 is 40.9 Å². The van der Waals surface area contributed by atoms with Gasteiger partial charge in [-0.2, -0.15) is 0 Å². The second kappa shape index (κ2) is 12.6. The lowest BCUT2D eigenvalue weighted by Crippen LogP contribution is -2.15. The van der Waals surface area contributed by atoms with Crippen LogP contribution in [-0.4, -0.2) is 39.0 Å². The van der Waals surface area contributed by atoms with Crippen LogP contribution in [0.2, 0.25) is 5.02 Å². The fourth-order valence-corrected chi connectivity index (χ4v) is 4.33. The van der Waals surface area contributed by atoms with Crippen LogP contribution in [-0.2, 0) is 16.1 Å². The van der Waals surface area contributed by atoms with Crippen LogP contribution in [0.3, 0.4) is 0 Å². The van der Waals surface area contributed by atoms with Crippen molar-refractivity contribution in [3.63, 3.8) is 0 Å². The van der Waals surface area contributed by atoms with E-state index in [0.29, 0.717) is 41.1 Å². The minimum absolute atomic E-state index is 0.125. The first kappa shape index (κ1) is 27.3. The van der Waals surface area contributed by atoms with Crippen molar-refractivity contribution in [3.05, 3.63) is 76.6 Å². The molecule has 1 unspecified atom stereocenters. The van der Waals surface area contributed by atoms with E-state index in [1.54, 1.807) is 37.3 Å².